The highest BCUT2D eigenvalue weighted by Gasteiger charge is 2.26. The number of halogens is 1. The number of nitro benzene ring substituents is 1. The Bertz CT molecular complexity index is 488. The first kappa shape index (κ1) is 14.2. The molecule has 18 heavy (non-hydrogen) atoms. The van der Waals surface area contributed by atoms with Crippen molar-refractivity contribution in [1.29, 1.82) is 0 Å². The van der Waals surface area contributed by atoms with E-state index < -0.39 is 16.6 Å². The fraction of sp³-hybridized carbons (Fsp3) is 0.364. The number of primary amides is 1. The van der Waals surface area contributed by atoms with Gasteiger partial charge in [-0.05, 0) is 19.9 Å². The van der Waals surface area contributed by atoms with E-state index in [-0.39, 0.29) is 17.1 Å². The highest BCUT2D eigenvalue weighted by atomic mass is 35.5. The van der Waals surface area contributed by atoms with Crippen molar-refractivity contribution in [3.8, 4) is 0 Å². The Hall–Kier alpha value is -1.82. The van der Waals surface area contributed by atoms with Crippen LogP contribution in [0.4, 0.5) is 10.5 Å². The van der Waals surface area contributed by atoms with Gasteiger partial charge in [0.25, 0.3) is 5.69 Å². The predicted molar refractivity (Wildman–Crippen MR) is 66.6 cm³/mol. The molecule has 6 nitrogen and oxygen atoms in total. The van der Waals surface area contributed by atoms with Crippen LogP contribution in [-0.2, 0) is 11.2 Å². The van der Waals surface area contributed by atoms with E-state index in [4.69, 9.17) is 22.1 Å². The zero-order chi connectivity index (χ0) is 13.9. The van der Waals surface area contributed by atoms with Crippen LogP contribution in [0.2, 0.25) is 5.02 Å². The number of nitrogens with zero attached hydrogens (tertiary/aromatic N) is 1. The lowest BCUT2D eigenvalue weighted by molar-refractivity contribution is -0.385. The fourth-order valence-corrected chi connectivity index (χ4v) is 1.79. The molecular weight excluding hydrogens is 260 g/mol. The number of rotatable bonds is 4. The van der Waals surface area contributed by atoms with E-state index in [9.17, 15) is 14.9 Å². The van der Waals surface area contributed by atoms with Crippen molar-refractivity contribution in [3.05, 3.63) is 38.9 Å². The molecule has 0 aliphatic heterocycles. The maximum Gasteiger partial charge on any atom is 0.405 e. The van der Waals surface area contributed by atoms with Crippen molar-refractivity contribution in [3.63, 3.8) is 0 Å². The molecule has 0 saturated carbocycles. The molecule has 7 heteroatoms. The van der Waals surface area contributed by atoms with E-state index in [2.05, 4.69) is 0 Å². The Labute approximate surface area is 109 Å². The zero-order valence-corrected chi connectivity index (χ0v) is 10.7. The third-order valence-electron chi connectivity index (χ3n) is 2.24. The van der Waals surface area contributed by atoms with Gasteiger partial charge in [0.05, 0.1) is 4.92 Å². The average molecular weight is 273 g/mol. The van der Waals surface area contributed by atoms with Gasteiger partial charge in [0.15, 0.2) is 0 Å². The summed E-state index contributed by atoms with van der Waals surface area (Å²) in [6.45, 7) is 3.24. The van der Waals surface area contributed by atoms with Gasteiger partial charge >= 0.3 is 6.09 Å². The van der Waals surface area contributed by atoms with Crippen LogP contribution in [0.15, 0.2) is 18.2 Å². The van der Waals surface area contributed by atoms with E-state index in [0.29, 0.717) is 5.56 Å². The fourth-order valence-electron chi connectivity index (χ4n) is 1.62. The van der Waals surface area contributed by atoms with Crippen LogP contribution in [0.1, 0.15) is 19.4 Å². The standard InChI is InChI=1S/C11H13ClN2O4/c1-11(2,18-10(13)15)6-7-3-4-8(12)5-9(7)14(16)17/h3-5H,6H2,1-2H3,(H2,13,15). The topological polar surface area (TPSA) is 95.5 Å². The van der Waals surface area contributed by atoms with Gasteiger partial charge in [-0.1, -0.05) is 17.7 Å². The van der Waals surface area contributed by atoms with Crippen molar-refractivity contribution in [2.75, 3.05) is 0 Å². The van der Waals surface area contributed by atoms with Crippen molar-refractivity contribution in [2.45, 2.75) is 25.9 Å². The second-order valence-electron chi connectivity index (χ2n) is 4.39. The molecule has 0 spiro atoms. The molecular formula is C11H13ClN2O4. The molecule has 2 N–H and O–H groups in total. The lowest BCUT2D eigenvalue weighted by Crippen LogP contribution is -2.33. The van der Waals surface area contributed by atoms with Gasteiger partial charge in [0.2, 0.25) is 0 Å². The Morgan fingerprint density at radius 1 is 1.56 bits per heavy atom. The Balaban J connectivity index is 3.03. The maximum absolute atomic E-state index is 10.9. The van der Waals surface area contributed by atoms with Crippen LogP contribution >= 0.6 is 11.6 Å². The summed E-state index contributed by atoms with van der Waals surface area (Å²) in [5.74, 6) is 0. The molecule has 0 saturated heterocycles. The molecule has 0 aliphatic rings. The number of nitrogens with two attached hydrogens (primary N) is 1. The van der Waals surface area contributed by atoms with E-state index in [1.165, 1.54) is 12.1 Å². The maximum atomic E-state index is 10.9. The number of nitro groups is 1. The summed E-state index contributed by atoms with van der Waals surface area (Å²) in [6.07, 6.45) is -0.750. The summed E-state index contributed by atoms with van der Waals surface area (Å²) >= 11 is 5.71. The second-order valence-corrected chi connectivity index (χ2v) is 4.82. The minimum atomic E-state index is -0.926. The first-order valence-electron chi connectivity index (χ1n) is 5.12. The second kappa shape index (κ2) is 5.22. The summed E-state index contributed by atoms with van der Waals surface area (Å²) in [7, 11) is 0. The number of carbonyl (C=O) groups excluding carboxylic acids is 1. The van der Waals surface area contributed by atoms with E-state index in [1.807, 2.05) is 0 Å². The smallest absolute Gasteiger partial charge is 0.405 e. The molecule has 0 unspecified atom stereocenters. The minimum absolute atomic E-state index is 0.108. The number of carbonyl (C=O) groups is 1. The minimum Gasteiger partial charge on any atom is -0.443 e. The van der Waals surface area contributed by atoms with Crippen molar-refractivity contribution < 1.29 is 14.5 Å². The first-order chi connectivity index (χ1) is 8.21. The Morgan fingerprint density at radius 2 is 2.17 bits per heavy atom. The molecule has 1 rings (SSSR count). The number of hydrogen-bond acceptors (Lipinski definition) is 4. The van der Waals surface area contributed by atoms with Crippen molar-refractivity contribution >= 4 is 23.4 Å². The molecule has 1 amide bonds. The molecule has 1 aromatic carbocycles. The van der Waals surface area contributed by atoms with Crippen molar-refractivity contribution in [2.24, 2.45) is 5.73 Å². The number of benzene rings is 1. The largest absolute Gasteiger partial charge is 0.443 e. The van der Waals surface area contributed by atoms with E-state index in [0.717, 1.165) is 0 Å². The van der Waals surface area contributed by atoms with Crippen LogP contribution in [-0.4, -0.2) is 16.6 Å². The molecule has 0 radical (unpaired) electrons. The van der Waals surface area contributed by atoms with Crippen LogP contribution < -0.4 is 5.73 Å². The first-order valence-corrected chi connectivity index (χ1v) is 5.50. The van der Waals surface area contributed by atoms with Gasteiger partial charge in [-0.2, -0.15) is 0 Å². The molecule has 0 heterocycles. The molecule has 98 valence electrons. The van der Waals surface area contributed by atoms with Crippen LogP contribution in [0.25, 0.3) is 0 Å². The van der Waals surface area contributed by atoms with E-state index >= 15 is 0 Å². The van der Waals surface area contributed by atoms with Gasteiger partial charge in [0, 0.05) is 23.1 Å². The summed E-state index contributed by atoms with van der Waals surface area (Å²) in [5, 5.41) is 11.2. The zero-order valence-electron chi connectivity index (χ0n) is 9.97. The number of ether oxygens (including phenoxy) is 1. The van der Waals surface area contributed by atoms with Gasteiger partial charge in [-0.25, -0.2) is 4.79 Å². The summed E-state index contributed by atoms with van der Waals surface area (Å²) in [6, 6.07) is 4.34. The Kier molecular flexibility index (Phi) is 4.13. The predicted octanol–water partition coefficient (Wildman–Crippen LogP) is 2.66. The normalized spacial score (nSPS) is 11.1. The van der Waals surface area contributed by atoms with Crippen LogP contribution in [0.3, 0.4) is 0 Å². The lowest BCUT2D eigenvalue weighted by atomic mass is 9.97. The molecule has 0 aromatic heterocycles. The van der Waals surface area contributed by atoms with Crippen LogP contribution in [0, 0.1) is 10.1 Å². The summed E-state index contributed by atoms with van der Waals surface area (Å²) in [4.78, 5) is 21.1. The van der Waals surface area contributed by atoms with Crippen LogP contribution in [0.5, 0.6) is 0 Å². The van der Waals surface area contributed by atoms with Gasteiger partial charge in [-0.3, -0.25) is 10.1 Å². The van der Waals surface area contributed by atoms with Gasteiger partial charge in [-0.15, -0.1) is 0 Å². The summed E-state index contributed by atoms with van der Waals surface area (Å²) < 4.78 is 4.89. The third-order valence-corrected chi connectivity index (χ3v) is 2.47. The summed E-state index contributed by atoms with van der Waals surface area (Å²) in [5.41, 5.74) is 4.33. The van der Waals surface area contributed by atoms with Gasteiger partial charge < -0.3 is 10.5 Å². The molecule has 0 fully saturated rings. The average Bonchev–Trinajstić information content (AvgIpc) is 2.18. The molecule has 0 atom stereocenters. The quantitative estimate of drug-likeness (QED) is 0.673. The highest BCUT2D eigenvalue weighted by molar-refractivity contribution is 6.30. The lowest BCUT2D eigenvalue weighted by Gasteiger charge is -2.23. The Morgan fingerprint density at radius 3 is 2.67 bits per heavy atom. The monoisotopic (exact) mass is 272 g/mol. The number of hydrogen-bond donors (Lipinski definition) is 1. The third kappa shape index (κ3) is 3.89. The highest BCUT2D eigenvalue weighted by Crippen LogP contribution is 2.27. The number of amides is 1. The van der Waals surface area contributed by atoms with E-state index in [1.54, 1.807) is 19.9 Å². The SMILES string of the molecule is CC(C)(Cc1ccc(Cl)cc1[N+](=O)[O-])OC(N)=O. The molecule has 0 aliphatic carbocycles. The molecule has 0 bridgehead atoms. The van der Waals surface area contributed by atoms with Crippen molar-refractivity contribution in [1.82, 2.24) is 0 Å². The van der Waals surface area contributed by atoms with Gasteiger partial charge in [0.1, 0.15) is 5.60 Å². The molecule has 1 aromatic rings.